The van der Waals surface area contributed by atoms with Gasteiger partial charge in [-0.05, 0) is 44.7 Å². The van der Waals surface area contributed by atoms with Gasteiger partial charge >= 0.3 is 0 Å². The van der Waals surface area contributed by atoms with E-state index in [0.717, 1.165) is 12.8 Å². The predicted octanol–water partition coefficient (Wildman–Crippen LogP) is 1.76. The van der Waals surface area contributed by atoms with E-state index in [0.29, 0.717) is 12.5 Å². The van der Waals surface area contributed by atoms with Gasteiger partial charge in [0.1, 0.15) is 0 Å². The SMILES string of the molecule is CC(C)OCC(NN)C1CCCc2cccnc21. The van der Waals surface area contributed by atoms with Crippen LogP contribution in [-0.4, -0.2) is 23.7 Å². The average molecular weight is 249 g/mol. The molecule has 0 amide bonds. The lowest BCUT2D eigenvalue weighted by Crippen LogP contribution is -2.44. The predicted molar refractivity (Wildman–Crippen MR) is 72.1 cm³/mol. The maximum Gasteiger partial charge on any atom is 0.0643 e. The molecular formula is C14H23N3O. The summed E-state index contributed by atoms with van der Waals surface area (Å²) in [6, 6.07) is 4.32. The van der Waals surface area contributed by atoms with Crippen LogP contribution in [-0.2, 0) is 11.2 Å². The number of nitrogens with one attached hydrogen (secondary N) is 1. The summed E-state index contributed by atoms with van der Waals surface area (Å²) >= 11 is 0. The lowest BCUT2D eigenvalue weighted by molar-refractivity contribution is 0.0538. The molecule has 4 nitrogen and oxygen atoms in total. The number of pyridine rings is 1. The zero-order chi connectivity index (χ0) is 13.0. The maximum absolute atomic E-state index is 5.69. The van der Waals surface area contributed by atoms with Crippen LogP contribution in [0.4, 0.5) is 0 Å². The fourth-order valence-corrected chi connectivity index (χ4v) is 2.61. The molecule has 0 aromatic carbocycles. The number of nitrogens with zero attached hydrogens (tertiary/aromatic N) is 1. The molecule has 100 valence electrons. The summed E-state index contributed by atoms with van der Waals surface area (Å²) in [5, 5.41) is 0. The van der Waals surface area contributed by atoms with Crippen molar-refractivity contribution >= 4 is 0 Å². The zero-order valence-corrected chi connectivity index (χ0v) is 11.2. The van der Waals surface area contributed by atoms with E-state index in [1.807, 2.05) is 26.1 Å². The van der Waals surface area contributed by atoms with Crippen LogP contribution in [0.1, 0.15) is 43.9 Å². The van der Waals surface area contributed by atoms with Gasteiger partial charge in [0.2, 0.25) is 0 Å². The first-order valence-electron chi connectivity index (χ1n) is 6.74. The van der Waals surface area contributed by atoms with Crippen molar-refractivity contribution in [2.75, 3.05) is 6.61 Å². The highest BCUT2D eigenvalue weighted by Gasteiger charge is 2.28. The monoisotopic (exact) mass is 249 g/mol. The Labute approximate surface area is 109 Å². The minimum Gasteiger partial charge on any atom is -0.377 e. The van der Waals surface area contributed by atoms with E-state index >= 15 is 0 Å². The number of aromatic nitrogens is 1. The van der Waals surface area contributed by atoms with E-state index in [1.165, 1.54) is 17.7 Å². The molecule has 0 spiro atoms. The molecule has 3 N–H and O–H groups in total. The highest BCUT2D eigenvalue weighted by Crippen LogP contribution is 2.32. The number of aryl methyl sites for hydroxylation is 1. The minimum absolute atomic E-state index is 0.140. The van der Waals surface area contributed by atoms with Crippen LogP contribution >= 0.6 is 0 Å². The third-order valence-corrected chi connectivity index (χ3v) is 3.55. The van der Waals surface area contributed by atoms with Crippen molar-refractivity contribution in [1.82, 2.24) is 10.4 Å². The number of hydrogen-bond donors (Lipinski definition) is 2. The molecule has 18 heavy (non-hydrogen) atoms. The number of hydrogen-bond acceptors (Lipinski definition) is 4. The van der Waals surface area contributed by atoms with Gasteiger partial charge in [0.15, 0.2) is 0 Å². The molecule has 2 unspecified atom stereocenters. The molecule has 0 saturated carbocycles. The second kappa shape index (κ2) is 6.27. The number of rotatable bonds is 5. The summed E-state index contributed by atoms with van der Waals surface area (Å²) < 4.78 is 5.69. The molecule has 0 saturated heterocycles. The first-order chi connectivity index (χ1) is 8.72. The lowest BCUT2D eigenvalue weighted by Gasteiger charge is -2.31. The van der Waals surface area contributed by atoms with Crippen LogP contribution in [0, 0.1) is 0 Å². The van der Waals surface area contributed by atoms with Crippen molar-refractivity contribution in [1.29, 1.82) is 0 Å². The van der Waals surface area contributed by atoms with Crippen molar-refractivity contribution in [2.24, 2.45) is 5.84 Å². The molecule has 2 rings (SSSR count). The number of ether oxygens (including phenoxy) is 1. The van der Waals surface area contributed by atoms with Gasteiger partial charge in [-0.15, -0.1) is 0 Å². The smallest absolute Gasteiger partial charge is 0.0643 e. The van der Waals surface area contributed by atoms with E-state index in [4.69, 9.17) is 10.6 Å². The molecule has 1 aliphatic rings. The second-order valence-electron chi connectivity index (χ2n) is 5.20. The summed E-state index contributed by atoms with van der Waals surface area (Å²) in [5.74, 6) is 6.05. The highest BCUT2D eigenvalue weighted by molar-refractivity contribution is 5.27. The molecule has 2 atom stereocenters. The third-order valence-electron chi connectivity index (χ3n) is 3.55. The van der Waals surface area contributed by atoms with Crippen molar-refractivity contribution in [3.63, 3.8) is 0 Å². The quantitative estimate of drug-likeness (QED) is 0.616. The van der Waals surface area contributed by atoms with Gasteiger partial charge in [-0.3, -0.25) is 16.3 Å². The molecule has 0 bridgehead atoms. The van der Waals surface area contributed by atoms with Gasteiger partial charge in [0, 0.05) is 17.8 Å². The Morgan fingerprint density at radius 3 is 3.11 bits per heavy atom. The molecule has 1 aromatic heterocycles. The van der Waals surface area contributed by atoms with Crippen molar-refractivity contribution in [2.45, 2.75) is 51.2 Å². The Morgan fingerprint density at radius 1 is 1.56 bits per heavy atom. The fourth-order valence-electron chi connectivity index (χ4n) is 2.61. The summed E-state index contributed by atoms with van der Waals surface area (Å²) in [4.78, 5) is 4.55. The van der Waals surface area contributed by atoms with Crippen LogP contribution in [0.5, 0.6) is 0 Å². The van der Waals surface area contributed by atoms with E-state index in [1.54, 1.807) is 0 Å². The number of fused-ring (bicyclic) bond motifs is 1. The maximum atomic E-state index is 5.69. The Morgan fingerprint density at radius 2 is 2.39 bits per heavy atom. The topological polar surface area (TPSA) is 60.2 Å². The molecule has 1 heterocycles. The van der Waals surface area contributed by atoms with Crippen molar-refractivity contribution in [3.8, 4) is 0 Å². The van der Waals surface area contributed by atoms with Gasteiger partial charge < -0.3 is 4.74 Å². The first-order valence-corrected chi connectivity index (χ1v) is 6.74. The average Bonchev–Trinajstić information content (AvgIpc) is 2.39. The fraction of sp³-hybridized carbons (Fsp3) is 0.643. The molecule has 4 heteroatoms. The van der Waals surface area contributed by atoms with E-state index in [-0.39, 0.29) is 12.1 Å². The molecule has 1 aliphatic carbocycles. The Balaban J connectivity index is 2.12. The van der Waals surface area contributed by atoms with E-state index < -0.39 is 0 Å². The summed E-state index contributed by atoms with van der Waals surface area (Å²) in [6.45, 7) is 4.72. The summed E-state index contributed by atoms with van der Waals surface area (Å²) in [5.41, 5.74) is 5.46. The molecule has 0 fully saturated rings. The van der Waals surface area contributed by atoms with Gasteiger partial charge in [-0.1, -0.05) is 6.07 Å². The van der Waals surface area contributed by atoms with Crippen LogP contribution < -0.4 is 11.3 Å². The van der Waals surface area contributed by atoms with Crippen LogP contribution in [0.2, 0.25) is 0 Å². The van der Waals surface area contributed by atoms with E-state index in [9.17, 15) is 0 Å². The Hall–Kier alpha value is -0.970. The molecular weight excluding hydrogens is 226 g/mol. The summed E-state index contributed by atoms with van der Waals surface area (Å²) in [7, 11) is 0. The van der Waals surface area contributed by atoms with Crippen LogP contribution in [0.15, 0.2) is 18.3 Å². The summed E-state index contributed by atoms with van der Waals surface area (Å²) in [6.07, 6.45) is 5.55. The Kier molecular flexibility index (Phi) is 4.69. The molecule has 0 aliphatic heterocycles. The number of hydrazine groups is 1. The van der Waals surface area contributed by atoms with Gasteiger partial charge in [0.05, 0.1) is 18.8 Å². The zero-order valence-electron chi connectivity index (χ0n) is 11.2. The van der Waals surface area contributed by atoms with Gasteiger partial charge in [-0.25, -0.2) is 0 Å². The van der Waals surface area contributed by atoms with Crippen molar-refractivity contribution in [3.05, 3.63) is 29.6 Å². The Bertz CT molecular complexity index is 381. The highest BCUT2D eigenvalue weighted by atomic mass is 16.5. The van der Waals surface area contributed by atoms with Gasteiger partial charge in [0.25, 0.3) is 0 Å². The second-order valence-corrected chi connectivity index (χ2v) is 5.20. The van der Waals surface area contributed by atoms with E-state index in [2.05, 4.69) is 16.5 Å². The number of nitrogens with two attached hydrogens (primary N) is 1. The first kappa shape index (κ1) is 13.5. The largest absolute Gasteiger partial charge is 0.377 e. The minimum atomic E-state index is 0.140. The van der Waals surface area contributed by atoms with Crippen LogP contribution in [0.25, 0.3) is 0 Å². The van der Waals surface area contributed by atoms with Gasteiger partial charge in [-0.2, -0.15) is 0 Å². The third kappa shape index (κ3) is 3.07. The lowest BCUT2D eigenvalue weighted by atomic mass is 9.82. The van der Waals surface area contributed by atoms with Crippen molar-refractivity contribution < 1.29 is 4.74 Å². The molecule has 0 radical (unpaired) electrons. The normalized spacial score (nSPS) is 20.8. The molecule has 1 aromatic rings. The van der Waals surface area contributed by atoms with Crippen LogP contribution in [0.3, 0.4) is 0 Å². The standard InChI is InChI=1S/C14H23N3O/c1-10(2)18-9-13(17-15)12-7-3-5-11-6-4-8-16-14(11)12/h4,6,8,10,12-13,17H,3,5,7,9,15H2,1-2H3.